The van der Waals surface area contributed by atoms with E-state index in [-0.39, 0.29) is 11.8 Å². The minimum absolute atomic E-state index is 0.0986. The summed E-state index contributed by atoms with van der Waals surface area (Å²) in [7, 11) is 1.61. The average molecular weight is 424 g/mol. The van der Waals surface area contributed by atoms with E-state index in [1.165, 1.54) is 0 Å². The van der Waals surface area contributed by atoms with Crippen LogP contribution in [-0.4, -0.2) is 44.1 Å². The highest BCUT2D eigenvalue weighted by Gasteiger charge is 2.21. The molecule has 1 N–H and O–H groups in total. The number of amides is 2. The molecule has 1 atom stereocenters. The van der Waals surface area contributed by atoms with Crippen molar-refractivity contribution in [1.82, 2.24) is 5.32 Å². The Bertz CT molecular complexity index is 909. The van der Waals surface area contributed by atoms with Gasteiger partial charge < -0.3 is 19.7 Å². The van der Waals surface area contributed by atoms with Gasteiger partial charge in [0.15, 0.2) is 6.10 Å². The summed E-state index contributed by atoms with van der Waals surface area (Å²) in [5.41, 5.74) is 2.18. The molecule has 0 spiro atoms. The first-order valence-corrected chi connectivity index (χ1v) is 10.5. The molecular formula is C24H28N2O5. The SMILES string of the molecule is COc1ccc(CCNC(=O)C(C)OC(=O)c2ccc(N3CCCCC3=O)cc2)cc1. The van der Waals surface area contributed by atoms with Crippen LogP contribution >= 0.6 is 0 Å². The highest BCUT2D eigenvalue weighted by atomic mass is 16.5. The number of nitrogens with one attached hydrogen (secondary N) is 1. The Hall–Kier alpha value is -3.35. The van der Waals surface area contributed by atoms with E-state index in [0.717, 1.165) is 29.8 Å². The maximum Gasteiger partial charge on any atom is 0.338 e. The first kappa shape index (κ1) is 22.3. The lowest BCUT2D eigenvalue weighted by atomic mass is 10.1. The molecule has 0 aromatic heterocycles. The van der Waals surface area contributed by atoms with Crippen molar-refractivity contribution in [2.75, 3.05) is 25.1 Å². The van der Waals surface area contributed by atoms with E-state index in [4.69, 9.17) is 9.47 Å². The fraction of sp³-hybridized carbons (Fsp3) is 0.375. The zero-order valence-electron chi connectivity index (χ0n) is 17.9. The van der Waals surface area contributed by atoms with Gasteiger partial charge in [-0.2, -0.15) is 0 Å². The molecule has 164 valence electrons. The fourth-order valence-corrected chi connectivity index (χ4v) is 3.40. The third-order valence-electron chi connectivity index (χ3n) is 5.26. The molecule has 1 heterocycles. The molecule has 1 unspecified atom stereocenters. The lowest BCUT2D eigenvalue weighted by Crippen LogP contribution is -2.37. The van der Waals surface area contributed by atoms with E-state index in [9.17, 15) is 14.4 Å². The maximum atomic E-state index is 12.4. The van der Waals surface area contributed by atoms with Crippen LogP contribution in [0, 0.1) is 0 Å². The van der Waals surface area contributed by atoms with Crippen molar-refractivity contribution in [3.05, 3.63) is 59.7 Å². The van der Waals surface area contributed by atoms with Gasteiger partial charge in [-0.3, -0.25) is 9.59 Å². The number of anilines is 1. The Morgan fingerprint density at radius 2 is 1.77 bits per heavy atom. The summed E-state index contributed by atoms with van der Waals surface area (Å²) < 4.78 is 10.4. The number of piperidine rings is 1. The Kier molecular flexibility index (Phi) is 7.65. The van der Waals surface area contributed by atoms with Gasteiger partial charge in [0.1, 0.15) is 5.75 Å². The Morgan fingerprint density at radius 3 is 2.42 bits per heavy atom. The van der Waals surface area contributed by atoms with Gasteiger partial charge in [-0.05, 0) is 68.1 Å². The molecule has 0 bridgehead atoms. The van der Waals surface area contributed by atoms with Gasteiger partial charge in [-0.1, -0.05) is 12.1 Å². The van der Waals surface area contributed by atoms with Crippen LogP contribution in [0.4, 0.5) is 5.69 Å². The number of hydrogen-bond donors (Lipinski definition) is 1. The van der Waals surface area contributed by atoms with Crippen molar-refractivity contribution in [2.45, 2.75) is 38.7 Å². The molecule has 3 rings (SSSR count). The smallest absolute Gasteiger partial charge is 0.338 e. The number of ether oxygens (including phenoxy) is 2. The average Bonchev–Trinajstić information content (AvgIpc) is 2.80. The van der Waals surface area contributed by atoms with Gasteiger partial charge in [-0.25, -0.2) is 4.79 Å². The quantitative estimate of drug-likeness (QED) is 0.658. The molecule has 7 nitrogen and oxygen atoms in total. The summed E-state index contributed by atoms with van der Waals surface area (Å²) >= 11 is 0. The number of carbonyl (C=O) groups excluding carboxylic acids is 3. The monoisotopic (exact) mass is 424 g/mol. The molecule has 1 aliphatic rings. The van der Waals surface area contributed by atoms with Crippen LogP contribution in [0.2, 0.25) is 0 Å². The minimum Gasteiger partial charge on any atom is -0.497 e. The first-order chi connectivity index (χ1) is 15.0. The predicted molar refractivity (Wildman–Crippen MR) is 117 cm³/mol. The second kappa shape index (κ2) is 10.6. The minimum atomic E-state index is -0.910. The van der Waals surface area contributed by atoms with Crippen LogP contribution in [-0.2, 0) is 20.7 Å². The summed E-state index contributed by atoms with van der Waals surface area (Å²) in [6.45, 7) is 2.67. The molecular weight excluding hydrogens is 396 g/mol. The fourth-order valence-electron chi connectivity index (χ4n) is 3.40. The Balaban J connectivity index is 1.46. The van der Waals surface area contributed by atoms with E-state index in [1.807, 2.05) is 24.3 Å². The predicted octanol–water partition coefficient (Wildman–Crippen LogP) is 3.12. The van der Waals surface area contributed by atoms with E-state index >= 15 is 0 Å². The van der Waals surface area contributed by atoms with Crippen molar-refractivity contribution in [1.29, 1.82) is 0 Å². The van der Waals surface area contributed by atoms with E-state index < -0.39 is 12.1 Å². The summed E-state index contributed by atoms with van der Waals surface area (Å²) in [5, 5.41) is 2.78. The van der Waals surface area contributed by atoms with Gasteiger partial charge in [0.2, 0.25) is 5.91 Å². The number of methoxy groups -OCH3 is 1. The van der Waals surface area contributed by atoms with Crippen molar-refractivity contribution in [3.8, 4) is 5.75 Å². The number of nitrogens with zero attached hydrogens (tertiary/aromatic N) is 1. The summed E-state index contributed by atoms with van der Waals surface area (Å²) in [6, 6.07) is 14.3. The molecule has 1 saturated heterocycles. The van der Waals surface area contributed by atoms with Crippen LogP contribution in [0.1, 0.15) is 42.1 Å². The number of esters is 1. The van der Waals surface area contributed by atoms with Crippen LogP contribution < -0.4 is 15.0 Å². The van der Waals surface area contributed by atoms with Crippen molar-refractivity contribution < 1.29 is 23.9 Å². The van der Waals surface area contributed by atoms with E-state index in [0.29, 0.717) is 31.5 Å². The first-order valence-electron chi connectivity index (χ1n) is 10.5. The summed E-state index contributed by atoms with van der Waals surface area (Å²) in [6.07, 6.45) is 2.19. The molecule has 0 radical (unpaired) electrons. The molecule has 0 aliphatic carbocycles. The van der Waals surface area contributed by atoms with Gasteiger partial charge >= 0.3 is 5.97 Å². The lowest BCUT2D eigenvalue weighted by molar-refractivity contribution is -0.129. The van der Waals surface area contributed by atoms with E-state index in [2.05, 4.69) is 5.32 Å². The summed E-state index contributed by atoms with van der Waals surface area (Å²) in [4.78, 5) is 38.4. The van der Waals surface area contributed by atoms with Gasteiger partial charge in [-0.15, -0.1) is 0 Å². The normalized spacial score (nSPS) is 14.6. The van der Waals surface area contributed by atoms with Crippen LogP contribution in [0.5, 0.6) is 5.75 Å². The van der Waals surface area contributed by atoms with Crippen LogP contribution in [0.25, 0.3) is 0 Å². The van der Waals surface area contributed by atoms with E-state index in [1.54, 1.807) is 43.2 Å². The summed E-state index contributed by atoms with van der Waals surface area (Å²) in [5.74, 6) is -0.0443. The standard InChI is InChI=1S/C24H28N2O5/c1-17(23(28)25-15-14-18-6-12-21(30-2)13-7-18)31-24(29)19-8-10-20(11-9-19)26-16-4-3-5-22(26)27/h6-13,17H,3-5,14-16H2,1-2H3,(H,25,28). The van der Waals surface area contributed by atoms with Gasteiger partial charge in [0, 0.05) is 25.2 Å². The maximum absolute atomic E-state index is 12.4. The van der Waals surface area contributed by atoms with Crippen LogP contribution in [0.3, 0.4) is 0 Å². The topological polar surface area (TPSA) is 84.9 Å². The zero-order valence-corrected chi connectivity index (χ0v) is 17.9. The highest BCUT2D eigenvalue weighted by Crippen LogP contribution is 2.21. The number of carbonyl (C=O) groups is 3. The molecule has 31 heavy (non-hydrogen) atoms. The molecule has 1 aliphatic heterocycles. The number of hydrogen-bond acceptors (Lipinski definition) is 5. The molecule has 2 aromatic rings. The third kappa shape index (κ3) is 6.07. The molecule has 2 aromatic carbocycles. The largest absolute Gasteiger partial charge is 0.497 e. The second-order valence-corrected chi connectivity index (χ2v) is 7.49. The zero-order chi connectivity index (χ0) is 22.2. The van der Waals surface area contributed by atoms with Gasteiger partial charge in [0.25, 0.3) is 5.91 Å². The number of benzene rings is 2. The Labute approximate surface area is 182 Å². The lowest BCUT2D eigenvalue weighted by Gasteiger charge is -2.26. The van der Waals surface area contributed by atoms with Crippen molar-refractivity contribution in [2.24, 2.45) is 0 Å². The highest BCUT2D eigenvalue weighted by molar-refractivity contribution is 5.96. The molecule has 1 fully saturated rings. The van der Waals surface area contributed by atoms with Crippen molar-refractivity contribution in [3.63, 3.8) is 0 Å². The third-order valence-corrected chi connectivity index (χ3v) is 5.26. The molecule has 0 saturated carbocycles. The molecule has 7 heteroatoms. The number of rotatable bonds is 8. The van der Waals surface area contributed by atoms with Crippen molar-refractivity contribution >= 4 is 23.5 Å². The second-order valence-electron chi connectivity index (χ2n) is 7.49. The van der Waals surface area contributed by atoms with Gasteiger partial charge in [0.05, 0.1) is 12.7 Å². The molecule has 2 amide bonds. The Morgan fingerprint density at radius 1 is 1.06 bits per heavy atom. The van der Waals surface area contributed by atoms with Crippen LogP contribution in [0.15, 0.2) is 48.5 Å².